The van der Waals surface area contributed by atoms with Crippen LogP contribution in [0, 0.1) is 0 Å². The Labute approximate surface area is 113 Å². The maximum atomic E-state index is 10.7. The maximum absolute atomic E-state index is 10.7. The first-order valence-corrected chi connectivity index (χ1v) is 6.68. The molecule has 1 aromatic carbocycles. The van der Waals surface area contributed by atoms with E-state index < -0.39 is 5.97 Å². The third-order valence-electron chi connectivity index (χ3n) is 3.93. The molecule has 102 valence electrons. The maximum Gasteiger partial charge on any atom is 0.328 e. The molecule has 1 fully saturated rings. The molecule has 0 radical (unpaired) electrons. The van der Waals surface area contributed by atoms with Crippen LogP contribution in [0.5, 0.6) is 0 Å². The van der Waals surface area contributed by atoms with Crippen LogP contribution in [-0.2, 0) is 14.9 Å². The van der Waals surface area contributed by atoms with Crippen LogP contribution >= 0.6 is 0 Å². The van der Waals surface area contributed by atoms with Gasteiger partial charge in [0.15, 0.2) is 0 Å². The second kappa shape index (κ2) is 5.57. The molecule has 3 heteroatoms. The summed E-state index contributed by atoms with van der Waals surface area (Å²) in [6, 6.07) is 8.46. The zero-order valence-corrected chi connectivity index (χ0v) is 11.4. The van der Waals surface area contributed by atoms with Gasteiger partial charge in [0.1, 0.15) is 0 Å². The van der Waals surface area contributed by atoms with E-state index in [1.165, 1.54) is 11.6 Å². The Kier molecular flexibility index (Phi) is 4.05. The normalized spacial score (nSPS) is 19.1. The minimum absolute atomic E-state index is 0.258. The van der Waals surface area contributed by atoms with Crippen molar-refractivity contribution in [2.45, 2.75) is 31.6 Å². The zero-order valence-electron chi connectivity index (χ0n) is 11.4. The van der Waals surface area contributed by atoms with Gasteiger partial charge in [-0.25, -0.2) is 4.79 Å². The number of carboxylic acid groups (broad SMARTS) is 1. The highest BCUT2D eigenvalue weighted by Crippen LogP contribution is 2.34. The fourth-order valence-electron chi connectivity index (χ4n) is 2.29. The number of rotatable bonds is 5. The largest absolute Gasteiger partial charge is 0.478 e. The van der Waals surface area contributed by atoms with E-state index in [-0.39, 0.29) is 5.41 Å². The van der Waals surface area contributed by atoms with Crippen LogP contribution in [0.15, 0.2) is 36.4 Å². The van der Waals surface area contributed by atoms with Gasteiger partial charge in [-0.1, -0.05) is 44.2 Å². The highest BCUT2D eigenvalue weighted by Gasteiger charge is 2.38. The van der Waals surface area contributed by atoms with Gasteiger partial charge in [0.25, 0.3) is 0 Å². The summed E-state index contributed by atoms with van der Waals surface area (Å²) in [5.74, 6) is -0.361. The van der Waals surface area contributed by atoms with Crippen molar-refractivity contribution in [3.8, 4) is 0 Å². The lowest BCUT2D eigenvalue weighted by Crippen LogP contribution is -2.45. The highest BCUT2D eigenvalue weighted by molar-refractivity contribution is 5.80. The molecule has 0 bridgehead atoms. The smallest absolute Gasteiger partial charge is 0.328 e. The summed E-state index contributed by atoms with van der Waals surface area (Å²) in [5.41, 5.74) is 2.19. The first-order chi connectivity index (χ1) is 9.07. The van der Waals surface area contributed by atoms with Gasteiger partial charge in [0.05, 0.1) is 18.6 Å². The van der Waals surface area contributed by atoms with E-state index in [1.54, 1.807) is 6.08 Å². The van der Waals surface area contributed by atoms with E-state index in [9.17, 15) is 4.79 Å². The van der Waals surface area contributed by atoms with E-state index in [2.05, 4.69) is 38.1 Å². The van der Waals surface area contributed by atoms with Crippen molar-refractivity contribution < 1.29 is 14.6 Å². The number of hydrogen-bond acceptors (Lipinski definition) is 2. The molecule has 1 aliphatic heterocycles. The van der Waals surface area contributed by atoms with Gasteiger partial charge in [-0.2, -0.15) is 0 Å². The van der Waals surface area contributed by atoms with Gasteiger partial charge in [-0.15, -0.1) is 0 Å². The Hall–Kier alpha value is -1.61. The lowest BCUT2D eigenvalue weighted by Gasteiger charge is -2.39. The molecule has 1 heterocycles. The number of hydrogen-bond donors (Lipinski definition) is 1. The number of ether oxygens (including phenoxy) is 1. The SMILES string of the molecule is CCC(C)c1ccc(C2(/C=C/C(=O)O)COC2)cc1. The topological polar surface area (TPSA) is 46.5 Å². The highest BCUT2D eigenvalue weighted by atomic mass is 16.5. The van der Waals surface area contributed by atoms with Crippen molar-refractivity contribution in [3.63, 3.8) is 0 Å². The number of carboxylic acids is 1. The Morgan fingerprint density at radius 3 is 2.47 bits per heavy atom. The van der Waals surface area contributed by atoms with Gasteiger partial charge in [-0.05, 0) is 23.5 Å². The Morgan fingerprint density at radius 2 is 2.05 bits per heavy atom. The molecular weight excluding hydrogens is 240 g/mol. The molecular formula is C16H20O3. The molecule has 1 aromatic rings. The average molecular weight is 260 g/mol. The van der Waals surface area contributed by atoms with Crippen LogP contribution in [-0.4, -0.2) is 24.3 Å². The molecule has 0 aromatic heterocycles. The van der Waals surface area contributed by atoms with E-state index in [4.69, 9.17) is 9.84 Å². The molecule has 0 amide bonds. The summed E-state index contributed by atoms with van der Waals surface area (Å²) in [5, 5.41) is 8.76. The van der Waals surface area contributed by atoms with Crippen LogP contribution < -0.4 is 0 Å². The molecule has 1 unspecified atom stereocenters. The van der Waals surface area contributed by atoms with Crippen molar-refractivity contribution in [2.75, 3.05) is 13.2 Å². The summed E-state index contributed by atoms with van der Waals surface area (Å²) in [6.07, 6.45) is 4.08. The van der Waals surface area contributed by atoms with Gasteiger partial charge < -0.3 is 9.84 Å². The lowest BCUT2D eigenvalue weighted by atomic mass is 9.77. The molecule has 0 spiro atoms. The van der Waals surface area contributed by atoms with Crippen molar-refractivity contribution in [1.29, 1.82) is 0 Å². The molecule has 1 N–H and O–H groups in total. The molecule has 0 saturated carbocycles. The fraction of sp³-hybridized carbons (Fsp3) is 0.438. The fourth-order valence-corrected chi connectivity index (χ4v) is 2.29. The van der Waals surface area contributed by atoms with Crippen LogP contribution in [0.1, 0.15) is 37.3 Å². The molecule has 2 rings (SSSR count). The molecule has 1 aliphatic rings. The van der Waals surface area contributed by atoms with Gasteiger partial charge in [0.2, 0.25) is 0 Å². The number of aliphatic carboxylic acids is 1. The van der Waals surface area contributed by atoms with Gasteiger partial charge in [-0.3, -0.25) is 0 Å². The van der Waals surface area contributed by atoms with Crippen molar-refractivity contribution >= 4 is 5.97 Å². The summed E-state index contributed by atoms with van der Waals surface area (Å²) < 4.78 is 5.28. The molecule has 3 nitrogen and oxygen atoms in total. The van der Waals surface area contributed by atoms with Crippen LogP contribution in [0.2, 0.25) is 0 Å². The third-order valence-corrected chi connectivity index (χ3v) is 3.93. The molecule has 19 heavy (non-hydrogen) atoms. The van der Waals surface area contributed by atoms with Crippen LogP contribution in [0.3, 0.4) is 0 Å². The van der Waals surface area contributed by atoms with E-state index in [1.807, 2.05) is 0 Å². The van der Waals surface area contributed by atoms with Gasteiger partial charge in [0, 0.05) is 6.08 Å². The van der Waals surface area contributed by atoms with Gasteiger partial charge >= 0.3 is 5.97 Å². The summed E-state index contributed by atoms with van der Waals surface area (Å²) in [7, 11) is 0. The Balaban J connectivity index is 2.22. The standard InChI is InChI=1S/C16H20O3/c1-3-12(2)13-4-6-14(7-5-13)16(10-19-11-16)9-8-15(17)18/h4-9,12H,3,10-11H2,1-2H3,(H,17,18)/b9-8+. The first kappa shape index (κ1) is 13.8. The van der Waals surface area contributed by atoms with E-state index in [0.717, 1.165) is 12.0 Å². The predicted molar refractivity (Wildman–Crippen MR) is 74.4 cm³/mol. The van der Waals surface area contributed by atoms with E-state index >= 15 is 0 Å². The molecule has 0 aliphatic carbocycles. The third kappa shape index (κ3) is 2.87. The predicted octanol–water partition coefficient (Wildman–Crippen LogP) is 3.11. The summed E-state index contributed by atoms with van der Waals surface area (Å²) >= 11 is 0. The van der Waals surface area contributed by atoms with Crippen molar-refractivity contribution in [3.05, 3.63) is 47.5 Å². The zero-order chi connectivity index (χ0) is 13.9. The molecule has 1 atom stereocenters. The minimum atomic E-state index is -0.914. The Bertz CT molecular complexity index is 469. The average Bonchev–Trinajstić information content (AvgIpc) is 2.37. The summed E-state index contributed by atoms with van der Waals surface area (Å²) in [4.78, 5) is 10.7. The minimum Gasteiger partial charge on any atom is -0.478 e. The van der Waals surface area contributed by atoms with Crippen LogP contribution in [0.4, 0.5) is 0 Å². The second-order valence-corrected chi connectivity index (χ2v) is 5.25. The quantitative estimate of drug-likeness (QED) is 0.827. The number of benzene rings is 1. The second-order valence-electron chi connectivity index (χ2n) is 5.25. The lowest BCUT2D eigenvalue weighted by molar-refractivity contribution is -0.131. The summed E-state index contributed by atoms with van der Waals surface area (Å²) in [6.45, 7) is 5.50. The van der Waals surface area contributed by atoms with E-state index in [0.29, 0.717) is 19.1 Å². The Morgan fingerprint density at radius 1 is 1.42 bits per heavy atom. The monoisotopic (exact) mass is 260 g/mol. The van der Waals surface area contributed by atoms with Crippen molar-refractivity contribution in [2.24, 2.45) is 0 Å². The number of carbonyl (C=O) groups is 1. The first-order valence-electron chi connectivity index (χ1n) is 6.68. The van der Waals surface area contributed by atoms with Crippen molar-refractivity contribution in [1.82, 2.24) is 0 Å². The van der Waals surface area contributed by atoms with Crippen LogP contribution in [0.25, 0.3) is 0 Å². The molecule has 1 saturated heterocycles.